The highest BCUT2D eigenvalue weighted by Crippen LogP contribution is 2.13. The highest BCUT2D eigenvalue weighted by Gasteiger charge is 2.03. The molecule has 0 heterocycles. The van der Waals surface area contributed by atoms with Crippen molar-refractivity contribution < 1.29 is 9.53 Å². The molecule has 4 heteroatoms. The molecule has 18 heavy (non-hydrogen) atoms. The Hall–Kier alpha value is -1.16. The zero-order valence-corrected chi connectivity index (χ0v) is 12.1. The number of aryl methyl sites for hydroxylation is 1. The molecule has 0 aliphatic carbocycles. The van der Waals surface area contributed by atoms with E-state index in [4.69, 9.17) is 4.74 Å². The molecule has 0 unspecified atom stereocenters. The second kappa shape index (κ2) is 8.03. The first-order valence-electron chi connectivity index (χ1n) is 6.13. The van der Waals surface area contributed by atoms with Crippen LogP contribution in [0.1, 0.15) is 18.4 Å². The van der Waals surface area contributed by atoms with Crippen LogP contribution in [0, 0.1) is 6.92 Å². The lowest BCUT2D eigenvalue weighted by molar-refractivity contribution is 0.241. The lowest BCUT2D eigenvalue weighted by atomic mass is 10.2. The third kappa shape index (κ3) is 5.96. The van der Waals surface area contributed by atoms with Gasteiger partial charge in [0.2, 0.25) is 0 Å². The maximum atomic E-state index is 11.3. The Morgan fingerprint density at radius 1 is 1.33 bits per heavy atom. The van der Waals surface area contributed by atoms with Crippen LogP contribution in [-0.4, -0.2) is 36.6 Å². The van der Waals surface area contributed by atoms with Crippen molar-refractivity contribution in [1.29, 1.82) is 0 Å². The number of nitrogens with zero attached hydrogens (tertiary/aromatic N) is 1. The molecule has 1 rings (SSSR count). The van der Waals surface area contributed by atoms with E-state index in [2.05, 4.69) is 13.0 Å². The summed E-state index contributed by atoms with van der Waals surface area (Å²) in [6.07, 6.45) is 1.97. The van der Waals surface area contributed by atoms with Gasteiger partial charge in [-0.15, -0.1) is 0 Å². The first-order chi connectivity index (χ1) is 8.59. The van der Waals surface area contributed by atoms with E-state index >= 15 is 0 Å². The SMILES string of the molecule is Cc1cccc(OCCCCSC(=O)N(C)C)c1. The Kier molecular flexibility index (Phi) is 6.65. The maximum absolute atomic E-state index is 11.3. The van der Waals surface area contributed by atoms with Crippen LogP contribution in [-0.2, 0) is 0 Å². The topological polar surface area (TPSA) is 29.5 Å². The highest BCUT2D eigenvalue weighted by molar-refractivity contribution is 8.13. The number of benzene rings is 1. The Bertz CT molecular complexity index is 380. The van der Waals surface area contributed by atoms with Gasteiger partial charge in [-0.1, -0.05) is 23.9 Å². The number of carbonyl (C=O) groups excluding carboxylic acids is 1. The fraction of sp³-hybridized carbons (Fsp3) is 0.500. The fourth-order valence-electron chi connectivity index (χ4n) is 1.39. The zero-order valence-electron chi connectivity index (χ0n) is 11.3. The molecule has 0 saturated carbocycles. The molecular weight excluding hydrogens is 246 g/mol. The van der Waals surface area contributed by atoms with E-state index in [-0.39, 0.29) is 5.24 Å². The van der Waals surface area contributed by atoms with Crippen LogP contribution in [0.15, 0.2) is 24.3 Å². The minimum absolute atomic E-state index is 0.120. The predicted molar refractivity (Wildman–Crippen MR) is 77.4 cm³/mol. The normalized spacial score (nSPS) is 10.2. The monoisotopic (exact) mass is 267 g/mol. The summed E-state index contributed by atoms with van der Waals surface area (Å²) < 4.78 is 5.64. The van der Waals surface area contributed by atoms with Gasteiger partial charge in [0.05, 0.1) is 6.61 Å². The Morgan fingerprint density at radius 2 is 2.11 bits per heavy atom. The van der Waals surface area contributed by atoms with Crippen molar-refractivity contribution in [3.05, 3.63) is 29.8 Å². The van der Waals surface area contributed by atoms with E-state index in [1.165, 1.54) is 17.3 Å². The lowest BCUT2D eigenvalue weighted by Crippen LogP contribution is -2.16. The Labute approximate surface area is 114 Å². The molecule has 0 spiro atoms. The van der Waals surface area contributed by atoms with Crippen molar-refractivity contribution in [2.45, 2.75) is 19.8 Å². The Morgan fingerprint density at radius 3 is 2.78 bits per heavy atom. The van der Waals surface area contributed by atoms with Gasteiger partial charge in [-0.2, -0.15) is 0 Å². The molecule has 0 N–H and O–H groups in total. The summed E-state index contributed by atoms with van der Waals surface area (Å²) in [5.41, 5.74) is 1.21. The van der Waals surface area contributed by atoms with Crippen LogP contribution in [0.25, 0.3) is 0 Å². The minimum Gasteiger partial charge on any atom is -0.494 e. The lowest BCUT2D eigenvalue weighted by Gasteiger charge is -2.09. The molecule has 0 atom stereocenters. The number of rotatable bonds is 6. The molecule has 0 saturated heterocycles. The molecule has 0 aliphatic rings. The zero-order chi connectivity index (χ0) is 13.4. The van der Waals surface area contributed by atoms with Gasteiger partial charge in [-0.05, 0) is 37.5 Å². The number of ether oxygens (including phenoxy) is 1. The summed E-state index contributed by atoms with van der Waals surface area (Å²) in [6, 6.07) is 8.05. The van der Waals surface area contributed by atoms with Crippen LogP contribution in [0.4, 0.5) is 4.79 Å². The van der Waals surface area contributed by atoms with Crippen LogP contribution in [0.5, 0.6) is 5.75 Å². The third-order valence-electron chi connectivity index (χ3n) is 2.39. The average Bonchev–Trinajstić information content (AvgIpc) is 2.33. The number of hydrogen-bond acceptors (Lipinski definition) is 3. The van der Waals surface area contributed by atoms with Crippen molar-refractivity contribution in [2.24, 2.45) is 0 Å². The molecular formula is C14H21NO2S. The number of carbonyl (C=O) groups is 1. The standard InChI is InChI=1S/C14H21NO2S/c1-12-7-6-8-13(11-12)17-9-4-5-10-18-14(16)15(2)3/h6-8,11H,4-5,9-10H2,1-3H3. The summed E-state index contributed by atoms with van der Waals surface area (Å²) in [5, 5.41) is 0.120. The second-order valence-corrected chi connectivity index (χ2v) is 5.43. The van der Waals surface area contributed by atoms with Gasteiger partial charge in [0.1, 0.15) is 5.75 Å². The van der Waals surface area contributed by atoms with Gasteiger partial charge in [0, 0.05) is 19.8 Å². The summed E-state index contributed by atoms with van der Waals surface area (Å²) in [7, 11) is 3.55. The van der Waals surface area contributed by atoms with Gasteiger partial charge in [-0.3, -0.25) is 4.79 Å². The van der Waals surface area contributed by atoms with E-state index in [0.29, 0.717) is 6.61 Å². The van der Waals surface area contributed by atoms with Gasteiger partial charge < -0.3 is 9.64 Å². The predicted octanol–water partition coefficient (Wildman–Crippen LogP) is 3.57. The first-order valence-corrected chi connectivity index (χ1v) is 7.11. The van der Waals surface area contributed by atoms with E-state index in [1.54, 1.807) is 19.0 Å². The van der Waals surface area contributed by atoms with Gasteiger partial charge in [-0.25, -0.2) is 0 Å². The number of unbranched alkanes of at least 4 members (excludes halogenated alkanes) is 1. The Balaban J connectivity index is 2.07. The molecule has 1 amide bonds. The summed E-state index contributed by atoms with van der Waals surface area (Å²) in [4.78, 5) is 12.9. The van der Waals surface area contributed by atoms with E-state index < -0.39 is 0 Å². The maximum Gasteiger partial charge on any atom is 0.281 e. The first kappa shape index (κ1) is 14.9. The smallest absolute Gasteiger partial charge is 0.281 e. The molecule has 3 nitrogen and oxygen atoms in total. The van der Waals surface area contributed by atoms with Gasteiger partial charge in [0.25, 0.3) is 5.24 Å². The molecule has 0 radical (unpaired) electrons. The summed E-state index contributed by atoms with van der Waals surface area (Å²) >= 11 is 1.36. The molecule has 1 aromatic carbocycles. The van der Waals surface area contributed by atoms with Crippen molar-refractivity contribution in [3.8, 4) is 5.75 Å². The highest BCUT2D eigenvalue weighted by atomic mass is 32.2. The van der Waals surface area contributed by atoms with Crippen molar-refractivity contribution in [1.82, 2.24) is 4.90 Å². The van der Waals surface area contributed by atoms with Crippen molar-refractivity contribution >= 4 is 17.0 Å². The van der Waals surface area contributed by atoms with Crippen LogP contribution in [0.3, 0.4) is 0 Å². The minimum atomic E-state index is 0.120. The van der Waals surface area contributed by atoms with Crippen molar-refractivity contribution in [2.75, 3.05) is 26.5 Å². The van der Waals surface area contributed by atoms with Crippen LogP contribution >= 0.6 is 11.8 Å². The number of amides is 1. The molecule has 100 valence electrons. The molecule has 0 bridgehead atoms. The largest absolute Gasteiger partial charge is 0.494 e. The molecule has 0 fully saturated rings. The summed E-state index contributed by atoms with van der Waals surface area (Å²) in [5.74, 6) is 1.78. The third-order valence-corrected chi connectivity index (χ3v) is 3.49. The van der Waals surface area contributed by atoms with E-state index in [9.17, 15) is 4.79 Å². The fourth-order valence-corrected chi connectivity index (χ4v) is 2.17. The summed E-state index contributed by atoms with van der Waals surface area (Å²) in [6.45, 7) is 2.76. The quantitative estimate of drug-likeness (QED) is 0.738. The van der Waals surface area contributed by atoms with Gasteiger partial charge >= 0.3 is 0 Å². The van der Waals surface area contributed by atoms with Crippen LogP contribution < -0.4 is 4.74 Å². The molecule has 0 aliphatic heterocycles. The molecule has 0 aromatic heterocycles. The van der Waals surface area contributed by atoms with Gasteiger partial charge in [0.15, 0.2) is 0 Å². The van der Waals surface area contributed by atoms with Crippen molar-refractivity contribution in [3.63, 3.8) is 0 Å². The second-order valence-electron chi connectivity index (χ2n) is 4.38. The molecule has 1 aromatic rings. The number of thioether (sulfide) groups is 1. The van der Waals surface area contributed by atoms with Crippen LogP contribution in [0.2, 0.25) is 0 Å². The average molecular weight is 267 g/mol. The van der Waals surface area contributed by atoms with E-state index in [0.717, 1.165) is 24.3 Å². The number of hydrogen-bond donors (Lipinski definition) is 0. The van der Waals surface area contributed by atoms with E-state index in [1.807, 2.05) is 18.2 Å².